The topological polar surface area (TPSA) is 70.1 Å². The highest BCUT2D eigenvalue weighted by Crippen LogP contribution is 2.44. The molecule has 0 bridgehead atoms. The van der Waals surface area contributed by atoms with Gasteiger partial charge in [0.05, 0.1) is 0 Å². The lowest BCUT2D eigenvalue weighted by Crippen LogP contribution is -2.16. The number of carbonyl (C=O) groups excluding carboxylic acids is 1. The zero-order chi connectivity index (χ0) is 24.1. The van der Waals surface area contributed by atoms with Gasteiger partial charge >= 0.3 is 0 Å². The molecule has 4 heteroatoms. The van der Waals surface area contributed by atoms with Crippen molar-refractivity contribution >= 4 is 5.78 Å². The molecular formula is C29H44O4. The van der Waals surface area contributed by atoms with Crippen LogP contribution in [-0.2, 0) is 9.53 Å². The number of epoxide rings is 1. The minimum Gasteiger partial charge on any atom is -0.478 e. The fourth-order valence-electron chi connectivity index (χ4n) is 4.78. The van der Waals surface area contributed by atoms with Gasteiger partial charge < -0.3 is 14.9 Å². The maximum absolute atomic E-state index is 13.0. The van der Waals surface area contributed by atoms with Crippen LogP contribution in [-0.4, -0.2) is 35.3 Å². The minimum absolute atomic E-state index is 0.0254. The Hall–Kier alpha value is -1.65. The van der Waals surface area contributed by atoms with Gasteiger partial charge in [0.15, 0.2) is 11.9 Å². The summed E-state index contributed by atoms with van der Waals surface area (Å²) in [5.74, 6) is 1.75. The van der Waals surface area contributed by atoms with Crippen LogP contribution in [0.25, 0.3) is 0 Å². The Kier molecular flexibility index (Phi) is 8.80. The van der Waals surface area contributed by atoms with E-state index < -0.39 is 0 Å². The molecule has 3 aliphatic rings. The number of hydrogen-bond acceptors (Lipinski definition) is 4. The zero-order valence-electron chi connectivity index (χ0n) is 21.2. The lowest BCUT2D eigenvalue weighted by atomic mass is 9.87. The molecule has 4 nitrogen and oxygen atoms in total. The largest absolute Gasteiger partial charge is 0.478 e. The molecule has 0 amide bonds. The summed E-state index contributed by atoms with van der Waals surface area (Å²) < 4.78 is 5.61. The molecule has 2 N–H and O–H groups in total. The fraction of sp³-hybridized carbons (Fsp3) is 0.690. The van der Waals surface area contributed by atoms with Crippen LogP contribution < -0.4 is 0 Å². The van der Waals surface area contributed by atoms with Crippen LogP contribution in [0.5, 0.6) is 0 Å². The molecular weight excluding hydrogens is 412 g/mol. The summed E-state index contributed by atoms with van der Waals surface area (Å²) >= 11 is 0. The third-order valence-electron chi connectivity index (χ3n) is 7.35. The van der Waals surface area contributed by atoms with Crippen LogP contribution in [0.3, 0.4) is 0 Å². The number of hydrogen-bond donors (Lipinski definition) is 2. The van der Waals surface area contributed by atoms with E-state index in [1.807, 2.05) is 6.08 Å². The quantitative estimate of drug-likeness (QED) is 0.214. The van der Waals surface area contributed by atoms with E-state index in [4.69, 9.17) is 4.74 Å². The van der Waals surface area contributed by atoms with Crippen molar-refractivity contribution in [1.29, 1.82) is 0 Å². The van der Waals surface area contributed by atoms with Gasteiger partial charge in [-0.05, 0) is 61.3 Å². The number of carbonyl (C=O) groups is 1. The van der Waals surface area contributed by atoms with Crippen molar-refractivity contribution in [3.8, 4) is 0 Å². The molecule has 1 aliphatic heterocycles. The molecule has 1 heterocycles. The second kappa shape index (κ2) is 11.2. The van der Waals surface area contributed by atoms with Crippen molar-refractivity contribution in [3.63, 3.8) is 0 Å². The smallest absolute Gasteiger partial charge is 0.175 e. The molecule has 1 fully saturated rings. The summed E-state index contributed by atoms with van der Waals surface area (Å²) in [5, 5.41) is 18.8. The summed E-state index contributed by atoms with van der Waals surface area (Å²) in [6.07, 6.45) is 18.7. The normalized spacial score (nSPS) is 21.8. The van der Waals surface area contributed by atoms with Gasteiger partial charge in [0, 0.05) is 30.8 Å². The Morgan fingerprint density at radius 1 is 0.939 bits per heavy atom. The van der Waals surface area contributed by atoms with Gasteiger partial charge in [-0.1, -0.05) is 70.8 Å². The maximum Gasteiger partial charge on any atom is 0.175 e. The highest BCUT2D eigenvalue weighted by atomic mass is 16.6. The first kappa shape index (κ1) is 26.0. The Labute approximate surface area is 200 Å². The molecule has 0 radical (unpaired) electrons. The molecule has 0 aromatic carbocycles. The average Bonchev–Trinajstić information content (AvgIpc) is 3.24. The first-order valence-electron chi connectivity index (χ1n) is 12.9. The van der Waals surface area contributed by atoms with Crippen LogP contribution in [0.4, 0.5) is 0 Å². The van der Waals surface area contributed by atoms with Gasteiger partial charge in [0.1, 0.15) is 5.76 Å². The summed E-state index contributed by atoms with van der Waals surface area (Å²) in [6.45, 7) is 8.88. The van der Waals surface area contributed by atoms with Gasteiger partial charge in [-0.15, -0.1) is 0 Å². The number of ether oxygens (including phenoxy) is 1. The number of aliphatic hydroxyl groups excluding tert-OH is 2. The number of fused-ring (bicyclic) bond motifs is 1. The minimum atomic E-state index is -0.0308. The molecule has 0 spiro atoms. The summed E-state index contributed by atoms with van der Waals surface area (Å²) in [7, 11) is 0. The van der Waals surface area contributed by atoms with Crippen LogP contribution in [0.2, 0.25) is 0 Å². The van der Waals surface area contributed by atoms with Gasteiger partial charge in [0.25, 0.3) is 0 Å². The van der Waals surface area contributed by atoms with E-state index in [0.717, 1.165) is 68.3 Å². The number of ketones is 1. The van der Waals surface area contributed by atoms with E-state index in [2.05, 4.69) is 45.9 Å². The van der Waals surface area contributed by atoms with Crippen LogP contribution in [0.1, 0.15) is 91.9 Å². The van der Waals surface area contributed by atoms with Crippen molar-refractivity contribution in [1.82, 2.24) is 0 Å². The maximum atomic E-state index is 13.0. The van der Waals surface area contributed by atoms with Gasteiger partial charge in [-0.2, -0.15) is 0 Å². The van der Waals surface area contributed by atoms with E-state index in [9.17, 15) is 15.0 Å². The second-order valence-electron chi connectivity index (χ2n) is 11.7. The van der Waals surface area contributed by atoms with E-state index in [1.54, 1.807) is 0 Å². The Morgan fingerprint density at radius 2 is 1.61 bits per heavy atom. The predicted molar refractivity (Wildman–Crippen MR) is 134 cm³/mol. The van der Waals surface area contributed by atoms with Crippen LogP contribution >= 0.6 is 0 Å². The fourth-order valence-corrected chi connectivity index (χ4v) is 4.78. The van der Waals surface area contributed by atoms with Crippen molar-refractivity contribution in [2.24, 2.45) is 16.7 Å². The number of unbranched alkanes of at least 4 members (excludes halogenated alkanes) is 2. The lowest BCUT2D eigenvalue weighted by Gasteiger charge is -2.21. The molecule has 2 unspecified atom stereocenters. The molecule has 1 saturated heterocycles. The monoisotopic (exact) mass is 456 g/mol. The predicted octanol–water partition coefficient (Wildman–Crippen LogP) is 6.20. The molecule has 0 aromatic heterocycles. The van der Waals surface area contributed by atoms with Crippen molar-refractivity contribution in [3.05, 3.63) is 46.8 Å². The second-order valence-corrected chi connectivity index (χ2v) is 11.7. The SMILES string of the molecule is CC(C)(CO)CCCCC1=C2OC2C=C1C(=O)CCC1=CC(CCCCC(C)(C)CO)C=C1. The van der Waals surface area contributed by atoms with Crippen molar-refractivity contribution in [2.75, 3.05) is 13.2 Å². The van der Waals surface area contributed by atoms with Gasteiger partial charge in [0.2, 0.25) is 0 Å². The zero-order valence-corrected chi connectivity index (χ0v) is 21.2. The lowest BCUT2D eigenvalue weighted by molar-refractivity contribution is -0.115. The number of aliphatic hydroxyl groups is 2. The Bertz CT molecular complexity index is 825. The van der Waals surface area contributed by atoms with Gasteiger partial charge in [-0.25, -0.2) is 0 Å². The number of rotatable bonds is 16. The van der Waals surface area contributed by atoms with Crippen molar-refractivity contribution < 1.29 is 19.7 Å². The molecule has 3 rings (SSSR count). The molecule has 0 aromatic rings. The Morgan fingerprint density at radius 3 is 2.27 bits per heavy atom. The van der Waals surface area contributed by atoms with E-state index >= 15 is 0 Å². The van der Waals surface area contributed by atoms with Crippen molar-refractivity contribution in [2.45, 2.75) is 98.0 Å². The first-order valence-corrected chi connectivity index (χ1v) is 12.9. The van der Waals surface area contributed by atoms with E-state index in [0.29, 0.717) is 12.3 Å². The van der Waals surface area contributed by atoms with Crippen LogP contribution in [0, 0.1) is 16.7 Å². The summed E-state index contributed by atoms with van der Waals surface area (Å²) in [5.41, 5.74) is 3.30. The third-order valence-corrected chi connectivity index (χ3v) is 7.35. The third kappa shape index (κ3) is 7.68. The molecule has 184 valence electrons. The Balaban J connectivity index is 1.38. The molecule has 2 aliphatic carbocycles. The first-order chi connectivity index (χ1) is 15.6. The summed E-state index contributed by atoms with van der Waals surface area (Å²) in [4.78, 5) is 13.0. The van der Waals surface area contributed by atoms with Gasteiger partial charge in [-0.3, -0.25) is 4.79 Å². The average molecular weight is 457 g/mol. The molecule has 2 atom stereocenters. The standard InChI is InChI=1S/C29H44O4/c1-28(2,19-30)15-7-5-9-21-11-12-22(17-21)13-14-25(32)24-18-26-27(33-26)23(24)10-6-8-16-29(3,4)20-31/h11-12,17-18,21,26,30-31H,5-10,13-16,19-20H2,1-4H3. The number of allylic oxidation sites excluding steroid dienone is 6. The van der Waals surface area contributed by atoms with Crippen LogP contribution in [0.15, 0.2) is 46.8 Å². The summed E-state index contributed by atoms with van der Waals surface area (Å²) in [6, 6.07) is 0. The highest BCUT2D eigenvalue weighted by molar-refractivity contribution is 6.01. The van der Waals surface area contributed by atoms with E-state index in [1.165, 1.54) is 12.0 Å². The molecule has 33 heavy (non-hydrogen) atoms. The van der Waals surface area contributed by atoms with E-state index in [-0.39, 0.29) is 35.9 Å². The molecule has 0 saturated carbocycles. The highest BCUT2D eigenvalue weighted by Gasteiger charge is 2.42. The number of Topliss-reactive ketones (excluding diaryl/α,β-unsaturated/α-hetero) is 1.